The Balaban J connectivity index is 0.000000270. The molecule has 2 saturated heterocycles. The zero-order valence-corrected chi connectivity index (χ0v) is 30.1. The summed E-state index contributed by atoms with van der Waals surface area (Å²) in [5.41, 5.74) is -0.872. The van der Waals surface area contributed by atoms with Crippen molar-refractivity contribution in [3.8, 4) is 0 Å². The first kappa shape index (κ1) is 40.1. The SMILES string of the molecule is CC(C)(C)OC(=O)N1CCN(C(=O)c2cc(Cl)cc(Cl)n2)CC1.CC(C)(C)OC(=O)N1CCNCC1.O=C(O)c1cc(Cl)cc(Cl)n1. The molecule has 4 rings (SSSR count). The highest BCUT2D eigenvalue weighted by molar-refractivity contribution is 6.34. The van der Waals surface area contributed by atoms with Crippen LogP contribution in [-0.2, 0) is 9.47 Å². The Bertz CT molecular complexity index is 1360. The molecular weight excluding hydrogens is 698 g/mol. The van der Waals surface area contributed by atoms with Crippen molar-refractivity contribution in [3.05, 3.63) is 56.0 Å². The summed E-state index contributed by atoms with van der Waals surface area (Å²) in [6, 6.07) is 5.56. The van der Waals surface area contributed by atoms with Crippen LogP contribution >= 0.6 is 46.4 Å². The lowest BCUT2D eigenvalue weighted by Crippen LogP contribution is -2.51. The Labute approximate surface area is 294 Å². The van der Waals surface area contributed by atoms with Gasteiger partial charge < -0.3 is 34.6 Å². The molecule has 47 heavy (non-hydrogen) atoms. The van der Waals surface area contributed by atoms with E-state index >= 15 is 0 Å². The molecule has 0 bridgehead atoms. The lowest BCUT2D eigenvalue weighted by atomic mass is 10.2. The second-order valence-electron chi connectivity index (χ2n) is 12.3. The second-order valence-corrected chi connectivity index (χ2v) is 13.9. The van der Waals surface area contributed by atoms with Crippen LogP contribution < -0.4 is 5.32 Å². The summed E-state index contributed by atoms with van der Waals surface area (Å²) < 4.78 is 10.6. The molecule has 0 saturated carbocycles. The minimum atomic E-state index is -1.14. The van der Waals surface area contributed by atoms with Crippen molar-refractivity contribution in [3.63, 3.8) is 0 Å². The van der Waals surface area contributed by atoms with Gasteiger partial charge in [-0.25, -0.2) is 24.4 Å². The molecule has 0 aliphatic carbocycles. The number of rotatable bonds is 2. The molecule has 2 fully saturated rings. The third-order valence-corrected chi connectivity index (χ3v) is 6.77. The van der Waals surface area contributed by atoms with Gasteiger partial charge in [0.15, 0.2) is 5.69 Å². The van der Waals surface area contributed by atoms with Gasteiger partial charge in [-0.15, -0.1) is 0 Å². The fraction of sp³-hybridized carbons (Fsp3) is 0.533. The van der Waals surface area contributed by atoms with Crippen molar-refractivity contribution in [1.82, 2.24) is 30.0 Å². The monoisotopic (exact) mass is 736 g/mol. The zero-order chi connectivity index (χ0) is 35.5. The van der Waals surface area contributed by atoms with E-state index in [0.717, 1.165) is 26.2 Å². The van der Waals surface area contributed by atoms with Gasteiger partial charge in [-0.3, -0.25) is 4.79 Å². The summed E-state index contributed by atoms with van der Waals surface area (Å²) in [7, 11) is 0. The number of carbonyl (C=O) groups excluding carboxylic acids is 3. The van der Waals surface area contributed by atoms with Crippen LogP contribution in [0.25, 0.3) is 0 Å². The molecule has 0 radical (unpaired) electrons. The first-order valence-corrected chi connectivity index (χ1v) is 16.1. The highest BCUT2D eigenvalue weighted by Gasteiger charge is 2.29. The summed E-state index contributed by atoms with van der Waals surface area (Å²) in [4.78, 5) is 58.7. The number of carboxylic acids is 1. The van der Waals surface area contributed by atoms with Crippen LogP contribution in [-0.4, -0.2) is 117 Å². The Morgan fingerprint density at radius 2 is 1.04 bits per heavy atom. The number of piperazine rings is 2. The van der Waals surface area contributed by atoms with E-state index < -0.39 is 11.6 Å². The molecule has 0 spiro atoms. The molecule has 2 aliphatic rings. The predicted molar refractivity (Wildman–Crippen MR) is 180 cm³/mol. The summed E-state index contributed by atoms with van der Waals surface area (Å²) in [5, 5.41) is 12.5. The number of aromatic carboxylic acids is 1. The molecule has 4 heterocycles. The van der Waals surface area contributed by atoms with Crippen molar-refractivity contribution in [2.45, 2.75) is 52.7 Å². The number of ether oxygens (including phenoxy) is 2. The molecule has 3 amide bonds. The summed E-state index contributed by atoms with van der Waals surface area (Å²) in [6.45, 7) is 15.9. The van der Waals surface area contributed by atoms with Crippen LogP contribution in [0.2, 0.25) is 20.4 Å². The van der Waals surface area contributed by atoms with E-state index in [1.807, 2.05) is 41.5 Å². The van der Waals surface area contributed by atoms with E-state index in [2.05, 4.69) is 15.3 Å². The van der Waals surface area contributed by atoms with Gasteiger partial charge in [0.05, 0.1) is 0 Å². The first-order valence-electron chi connectivity index (χ1n) is 14.6. The van der Waals surface area contributed by atoms with Gasteiger partial charge in [0.25, 0.3) is 5.91 Å². The standard InChI is InChI=1S/C15H19Cl2N3O3.C9H18N2O2.C6H3Cl2NO2/c1-15(2,3)23-14(22)20-6-4-19(5-7-20)13(21)11-8-10(16)9-12(17)18-11;1-9(2,3)13-8(12)11-6-4-10-5-7-11;7-3-1-4(6(10)11)9-5(8)2-3/h8-9H,4-7H2,1-3H3;10H,4-7H2,1-3H3;1-2H,(H,10,11). The predicted octanol–water partition coefficient (Wildman–Crippen LogP) is 5.99. The quantitative estimate of drug-likeness (QED) is 0.351. The molecule has 0 aromatic carbocycles. The van der Waals surface area contributed by atoms with Crippen molar-refractivity contribution >= 4 is 70.5 Å². The summed E-state index contributed by atoms with van der Waals surface area (Å²) >= 11 is 22.7. The minimum absolute atomic E-state index is 0.0786. The number of nitrogens with one attached hydrogen (secondary N) is 1. The number of pyridine rings is 2. The molecule has 13 nitrogen and oxygen atoms in total. The molecule has 2 aliphatic heterocycles. The van der Waals surface area contributed by atoms with Crippen LogP contribution in [0, 0.1) is 0 Å². The number of carbonyl (C=O) groups is 4. The average molecular weight is 738 g/mol. The maximum atomic E-state index is 12.4. The highest BCUT2D eigenvalue weighted by atomic mass is 35.5. The van der Waals surface area contributed by atoms with E-state index in [1.165, 1.54) is 24.3 Å². The summed E-state index contributed by atoms with van der Waals surface area (Å²) in [6.07, 6.45) is -0.567. The minimum Gasteiger partial charge on any atom is -0.477 e. The fourth-order valence-electron chi connectivity index (χ4n) is 3.90. The van der Waals surface area contributed by atoms with E-state index in [9.17, 15) is 19.2 Å². The lowest BCUT2D eigenvalue weighted by molar-refractivity contribution is 0.0139. The number of aromatic nitrogens is 2. The van der Waals surface area contributed by atoms with Gasteiger partial charge in [-0.1, -0.05) is 46.4 Å². The van der Waals surface area contributed by atoms with Crippen LogP contribution in [0.15, 0.2) is 24.3 Å². The molecule has 0 unspecified atom stereocenters. The molecule has 17 heteroatoms. The van der Waals surface area contributed by atoms with Gasteiger partial charge >= 0.3 is 18.2 Å². The molecule has 2 N–H and O–H groups in total. The number of carboxylic acid groups (broad SMARTS) is 1. The number of nitrogens with zero attached hydrogens (tertiary/aromatic N) is 5. The first-order chi connectivity index (χ1) is 21.7. The van der Waals surface area contributed by atoms with Crippen LogP contribution in [0.1, 0.15) is 62.5 Å². The number of hydrogen-bond donors (Lipinski definition) is 2. The van der Waals surface area contributed by atoms with E-state index in [0.29, 0.717) is 31.2 Å². The van der Waals surface area contributed by atoms with Crippen LogP contribution in [0.5, 0.6) is 0 Å². The smallest absolute Gasteiger partial charge is 0.410 e. The average Bonchev–Trinajstić information content (AvgIpc) is 2.95. The fourth-order valence-corrected chi connectivity index (χ4v) is 4.85. The Morgan fingerprint density at radius 3 is 1.45 bits per heavy atom. The molecule has 260 valence electrons. The van der Waals surface area contributed by atoms with Crippen molar-refractivity contribution in [1.29, 1.82) is 0 Å². The molecular formula is C30H40Cl4N6O7. The maximum absolute atomic E-state index is 12.4. The second kappa shape index (κ2) is 17.9. The lowest BCUT2D eigenvalue weighted by Gasteiger charge is -2.35. The topological polar surface area (TPSA) is 154 Å². The van der Waals surface area contributed by atoms with E-state index in [-0.39, 0.29) is 50.4 Å². The van der Waals surface area contributed by atoms with Gasteiger partial charge in [0.2, 0.25) is 0 Å². The molecule has 0 atom stereocenters. The largest absolute Gasteiger partial charge is 0.477 e. The van der Waals surface area contributed by atoms with Crippen molar-refractivity contribution < 1.29 is 33.8 Å². The molecule has 2 aromatic heterocycles. The van der Waals surface area contributed by atoms with E-state index in [1.54, 1.807) is 14.7 Å². The Kier molecular flexibility index (Phi) is 15.2. The number of halogens is 4. The zero-order valence-electron chi connectivity index (χ0n) is 27.1. The number of amides is 3. The summed E-state index contributed by atoms with van der Waals surface area (Å²) in [5.74, 6) is -1.40. The third kappa shape index (κ3) is 15.1. The Hall–Kier alpha value is -3.10. The van der Waals surface area contributed by atoms with Gasteiger partial charge in [-0.05, 0) is 65.8 Å². The van der Waals surface area contributed by atoms with Crippen LogP contribution in [0.4, 0.5) is 9.59 Å². The highest BCUT2D eigenvalue weighted by Crippen LogP contribution is 2.19. The van der Waals surface area contributed by atoms with Gasteiger partial charge in [0.1, 0.15) is 27.2 Å². The maximum Gasteiger partial charge on any atom is 0.410 e. The Morgan fingerprint density at radius 1 is 0.660 bits per heavy atom. The third-order valence-electron chi connectivity index (χ3n) is 5.94. The van der Waals surface area contributed by atoms with Gasteiger partial charge in [0, 0.05) is 62.4 Å². The normalized spacial score (nSPS) is 15.0. The van der Waals surface area contributed by atoms with Crippen molar-refractivity contribution in [2.75, 3.05) is 52.4 Å². The number of hydrogen-bond acceptors (Lipinski definition) is 9. The van der Waals surface area contributed by atoms with Gasteiger partial charge in [-0.2, -0.15) is 0 Å². The molecule has 2 aromatic rings. The van der Waals surface area contributed by atoms with Crippen molar-refractivity contribution in [2.24, 2.45) is 0 Å². The van der Waals surface area contributed by atoms with E-state index in [4.69, 9.17) is 61.0 Å². The van der Waals surface area contributed by atoms with Crippen LogP contribution in [0.3, 0.4) is 0 Å².